The zero-order chi connectivity index (χ0) is 17.1. The Hall–Kier alpha value is -2.80. The zero-order valence-electron chi connectivity index (χ0n) is 12.6. The minimum atomic E-state index is -0.502. The number of hydrogen-bond acceptors (Lipinski definition) is 4. The van der Waals surface area contributed by atoms with Crippen molar-refractivity contribution < 1.29 is 13.6 Å². The second-order valence-corrected chi connectivity index (χ2v) is 6.00. The van der Waals surface area contributed by atoms with Crippen LogP contribution in [0.15, 0.2) is 48.5 Å². The third-order valence-electron chi connectivity index (χ3n) is 3.22. The average molecular weight is 345 g/mol. The van der Waals surface area contributed by atoms with E-state index >= 15 is 0 Å². The predicted octanol–water partition coefficient (Wildman–Crippen LogP) is 4.73. The first kappa shape index (κ1) is 16.1. The summed E-state index contributed by atoms with van der Waals surface area (Å²) in [6.07, 6.45) is 0. The first-order chi connectivity index (χ1) is 11.5. The lowest BCUT2D eigenvalue weighted by Crippen LogP contribution is -2.12. The van der Waals surface area contributed by atoms with E-state index in [9.17, 15) is 13.6 Å². The maximum absolute atomic E-state index is 13.6. The van der Waals surface area contributed by atoms with Crippen molar-refractivity contribution in [2.45, 2.75) is 6.92 Å². The Kier molecular flexibility index (Phi) is 4.52. The monoisotopic (exact) mass is 345 g/mol. The molecule has 0 aliphatic heterocycles. The number of para-hydroxylation sites is 1. The molecule has 2 aromatic carbocycles. The molecule has 2 N–H and O–H groups in total. The van der Waals surface area contributed by atoms with Crippen LogP contribution in [0.1, 0.15) is 15.4 Å². The van der Waals surface area contributed by atoms with Crippen LogP contribution in [0.25, 0.3) is 0 Å². The molecule has 0 aliphatic carbocycles. The molecule has 0 bridgehead atoms. The lowest BCUT2D eigenvalue weighted by atomic mass is 10.3. The quantitative estimate of drug-likeness (QED) is 0.719. The van der Waals surface area contributed by atoms with Gasteiger partial charge < -0.3 is 10.6 Å². The van der Waals surface area contributed by atoms with Crippen LogP contribution < -0.4 is 10.6 Å². The highest BCUT2D eigenvalue weighted by molar-refractivity contribution is 7.17. The number of amides is 1. The summed E-state index contributed by atoms with van der Waals surface area (Å²) in [6, 6.07) is 11.8. The van der Waals surface area contributed by atoms with Crippen molar-refractivity contribution in [1.82, 2.24) is 4.98 Å². The standard InChI is InChI=1S/C17H13F2N3OS/c1-10-15(16(23)22-14-5-3-2-4-13(14)19)24-17(20-10)21-12-8-6-11(18)7-9-12/h2-9H,1H3,(H,20,21)(H,22,23). The van der Waals surface area contributed by atoms with Crippen molar-refractivity contribution >= 4 is 33.8 Å². The zero-order valence-corrected chi connectivity index (χ0v) is 13.5. The van der Waals surface area contributed by atoms with Crippen LogP contribution in [0.4, 0.5) is 25.3 Å². The van der Waals surface area contributed by atoms with Crippen LogP contribution in [0.2, 0.25) is 0 Å². The molecule has 1 heterocycles. The Morgan fingerprint density at radius 2 is 1.79 bits per heavy atom. The molecule has 3 rings (SSSR count). The fourth-order valence-corrected chi connectivity index (χ4v) is 2.94. The van der Waals surface area contributed by atoms with E-state index in [0.29, 0.717) is 21.4 Å². The number of hydrogen-bond donors (Lipinski definition) is 2. The molecule has 3 aromatic rings. The summed E-state index contributed by atoms with van der Waals surface area (Å²) < 4.78 is 26.5. The van der Waals surface area contributed by atoms with Crippen LogP contribution >= 0.6 is 11.3 Å². The minimum Gasteiger partial charge on any atom is -0.332 e. The van der Waals surface area contributed by atoms with Crippen LogP contribution in [-0.4, -0.2) is 10.9 Å². The fourth-order valence-electron chi connectivity index (χ4n) is 2.06. The smallest absolute Gasteiger partial charge is 0.267 e. The van der Waals surface area contributed by atoms with E-state index < -0.39 is 11.7 Å². The summed E-state index contributed by atoms with van der Waals surface area (Å²) in [7, 11) is 0. The molecule has 0 aliphatic rings. The van der Waals surface area contributed by atoms with Crippen LogP contribution in [0.5, 0.6) is 0 Å². The van der Waals surface area contributed by atoms with Gasteiger partial charge in [0.2, 0.25) is 0 Å². The molecule has 0 saturated heterocycles. The maximum atomic E-state index is 13.6. The molecule has 1 amide bonds. The number of aromatic nitrogens is 1. The maximum Gasteiger partial charge on any atom is 0.267 e. The second-order valence-electron chi connectivity index (χ2n) is 5.00. The van der Waals surface area contributed by atoms with Gasteiger partial charge in [-0.25, -0.2) is 13.8 Å². The highest BCUT2D eigenvalue weighted by atomic mass is 32.1. The summed E-state index contributed by atoms with van der Waals surface area (Å²) in [5.41, 5.74) is 1.30. The SMILES string of the molecule is Cc1nc(Nc2ccc(F)cc2)sc1C(=O)Nc1ccccc1F. The van der Waals surface area contributed by atoms with Gasteiger partial charge >= 0.3 is 0 Å². The number of nitrogens with one attached hydrogen (secondary N) is 2. The third kappa shape index (κ3) is 3.57. The molecule has 0 fully saturated rings. The van der Waals surface area contributed by atoms with Gasteiger partial charge in [0.1, 0.15) is 16.5 Å². The number of benzene rings is 2. The van der Waals surface area contributed by atoms with Crippen LogP contribution in [-0.2, 0) is 0 Å². The van der Waals surface area contributed by atoms with Crippen molar-refractivity contribution in [3.63, 3.8) is 0 Å². The van der Waals surface area contributed by atoms with E-state index in [2.05, 4.69) is 15.6 Å². The van der Waals surface area contributed by atoms with Crippen molar-refractivity contribution in [3.8, 4) is 0 Å². The molecule has 0 saturated carbocycles. The summed E-state index contributed by atoms with van der Waals surface area (Å²) in [5.74, 6) is -1.26. The fraction of sp³-hybridized carbons (Fsp3) is 0.0588. The summed E-state index contributed by atoms with van der Waals surface area (Å²) >= 11 is 1.14. The lowest BCUT2D eigenvalue weighted by Gasteiger charge is -2.04. The molecule has 0 unspecified atom stereocenters. The van der Waals surface area contributed by atoms with Gasteiger partial charge in [-0.2, -0.15) is 0 Å². The van der Waals surface area contributed by atoms with E-state index in [4.69, 9.17) is 0 Å². The van der Waals surface area contributed by atoms with Crippen molar-refractivity contribution in [3.05, 3.63) is 70.7 Å². The minimum absolute atomic E-state index is 0.114. The first-order valence-corrected chi connectivity index (χ1v) is 7.90. The van der Waals surface area contributed by atoms with E-state index in [0.717, 1.165) is 11.3 Å². The topological polar surface area (TPSA) is 54.0 Å². The molecule has 7 heteroatoms. The largest absolute Gasteiger partial charge is 0.332 e. The molecule has 24 heavy (non-hydrogen) atoms. The number of anilines is 3. The highest BCUT2D eigenvalue weighted by Crippen LogP contribution is 2.27. The molecular formula is C17H13F2N3OS. The average Bonchev–Trinajstić information content (AvgIpc) is 2.92. The first-order valence-electron chi connectivity index (χ1n) is 7.09. The Balaban J connectivity index is 1.77. The molecule has 4 nitrogen and oxygen atoms in total. The van der Waals surface area contributed by atoms with Crippen molar-refractivity contribution in [2.24, 2.45) is 0 Å². The van der Waals surface area contributed by atoms with Gasteiger partial charge in [-0.3, -0.25) is 4.79 Å². The van der Waals surface area contributed by atoms with Gasteiger partial charge in [0.05, 0.1) is 11.4 Å². The number of thiazole rings is 1. The number of rotatable bonds is 4. The summed E-state index contributed by atoms with van der Waals surface area (Å²) in [6.45, 7) is 1.70. The Bertz CT molecular complexity index is 878. The molecular weight excluding hydrogens is 332 g/mol. The van der Waals surface area contributed by atoms with E-state index in [1.807, 2.05) is 0 Å². The highest BCUT2D eigenvalue weighted by Gasteiger charge is 2.16. The van der Waals surface area contributed by atoms with Gasteiger partial charge in [0.15, 0.2) is 5.13 Å². The summed E-state index contributed by atoms with van der Waals surface area (Å²) in [4.78, 5) is 17.0. The van der Waals surface area contributed by atoms with Crippen molar-refractivity contribution in [2.75, 3.05) is 10.6 Å². The van der Waals surface area contributed by atoms with Gasteiger partial charge in [-0.1, -0.05) is 23.5 Å². The predicted molar refractivity (Wildman–Crippen MR) is 90.9 cm³/mol. The number of nitrogens with zero attached hydrogens (tertiary/aromatic N) is 1. The molecule has 0 spiro atoms. The van der Waals surface area contributed by atoms with Gasteiger partial charge in [0.25, 0.3) is 5.91 Å². The van der Waals surface area contributed by atoms with Gasteiger partial charge in [0, 0.05) is 5.69 Å². The molecule has 0 radical (unpaired) electrons. The number of aryl methyl sites for hydroxylation is 1. The van der Waals surface area contributed by atoms with E-state index in [1.54, 1.807) is 31.2 Å². The third-order valence-corrected chi connectivity index (χ3v) is 4.29. The normalized spacial score (nSPS) is 10.5. The van der Waals surface area contributed by atoms with Crippen LogP contribution in [0, 0.1) is 18.6 Å². The van der Waals surface area contributed by atoms with Gasteiger partial charge in [-0.05, 0) is 43.3 Å². The molecule has 1 aromatic heterocycles. The van der Waals surface area contributed by atoms with Crippen LogP contribution in [0.3, 0.4) is 0 Å². The number of carbonyl (C=O) groups is 1. The molecule has 0 atom stereocenters. The Morgan fingerprint density at radius 1 is 1.08 bits per heavy atom. The lowest BCUT2D eigenvalue weighted by molar-refractivity contribution is 0.102. The summed E-state index contributed by atoms with van der Waals surface area (Å²) in [5, 5.41) is 6.04. The van der Waals surface area contributed by atoms with E-state index in [-0.39, 0.29) is 11.5 Å². The number of halogens is 2. The van der Waals surface area contributed by atoms with Crippen molar-refractivity contribution in [1.29, 1.82) is 0 Å². The second kappa shape index (κ2) is 6.76. The Morgan fingerprint density at radius 3 is 2.50 bits per heavy atom. The van der Waals surface area contributed by atoms with Gasteiger partial charge in [-0.15, -0.1) is 0 Å². The molecule has 122 valence electrons. The Labute approximate surface area is 141 Å². The van der Waals surface area contributed by atoms with E-state index in [1.165, 1.54) is 24.3 Å². The number of carbonyl (C=O) groups excluding carboxylic acids is 1.